The maximum Gasteiger partial charge on any atom is 0.233 e. The number of rotatable bonds is 0. The fourth-order valence-electron chi connectivity index (χ4n) is 1.16. The Balaban J connectivity index is 2.91. The zero-order valence-corrected chi connectivity index (χ0v) is 6.07. The highest BCUT2D eigenvalue weighted by Crippen LogP contribution is 2.05. The molecule has 2 aromatic heterocycles. The Kier molecular flexibility index (Phi) is 1.25. The fourth-order valence-corrected chi connectivity index (χ4v) is 1.16. The molecule has 0 saturated heterocycles. The van der Waals surface area contributed by atoms with Crippen molar-refractivity contribution in [3.63, 3.8) is 0 Å². The van der Waals surface area contributed by atoms with Crippen LogP contribution in [0.5, 0.6) is 0 Å². The molecule has 54 valence electrons. The average molecular weight is 145 g/mol. The predicted molar refractivity (Wildman–Crippen MR) is 44.0 cm³/mol. The average Bonchev–Trinajstić information content (AvgIpc) is 2.06. The molecule has 0 aliphatic heterocycles. The SMILES string of the molecule is Nc1ccc[n+]2ccccc12. The number of nitrogens with two attached hydrogens (primary N) is 1. The molecule has 0 spiro atoms. The topological polar surface area (TPSA) is 30.1 Å². The minimum absolute atomic E-state index is 0.813. The molecule has 11 heavy (non-hydrogen) atoms. The quantitative estimate of drug-likeness (QED) is 0.551. The Morgan fingerprint density at radius 2 is 1.82 bits per heavy atom. The molecule has 2 heterocycles. The number of nitrogen functional groups attached to an aromatic ring is 1. The molecule has 2 nitrogen and oxygen atoms in total. The van der Waals surface area contributed by atoms with Crippen LogP contribution in [0.2, 0.25) is 0 Å². The Hall–Kier alpha value is -1.57. The van der Waals surface area contributed by atoms with E-state index in [9.17, 15) is 0 Å². The molecule has 2 rings (SSSR count). The molecule has 2 N–H and O–H groups in total. The minimum Gasteiger partial charge on any atom is -0.393 e. The summed E-state index contributed by atoms with van der Waals surface area (Å²) in [6.07, 6.45) is 3.96. The summed E-state index contributed by atoms with van der Waals surface area (Å²) in [6.45, 7) is 0. The second kappa shape index (κ2) is 2.23. The Morgan fingerprint density at radius 3 is 2.64 bits per heavy atom. The smallest absolute Gasteiger partial charge is 0.233 e. The number of hydrogen-bond donors (Lipinski definition) is 1. The molecule has 0 bridgehead atoms. The molecule has 2 aromatic rings. The van der Waals surface area contributed by atoms with Crippen molar-refractivity contribution >= 4 is 11.2 Å². The third-order valence-electron chi connectivity index (χ3n) is 1.71. The van der Waals surface area contributed by atoms with Gasteiger partial charge in [-0.1, -0.05) is 0 Å². The first-order valence-electron chi connectivity index (χ1n) is 3.52. The fraction of sp³-hybridized carbons (Fsp3) is 0. The van der Waals surface area contributed by atoms with Gasteiger partial charge in [-0.25, -0.2) is 0 Å². The van der Waals surface area contributed by atoms with E-state index in [1.54, 1.807) is 0 Å². The van der Waals surface area contributed by atoms with Gasteiger partial charge < -0.3 is 5.73 Å². The Labute approximate surface area is 64.9 Å². The summed E-state index contributed by atoms with van der Waals surface area (Å²) >= 11 is 0. The summed E-state index contributed by atoms with van der Waals surface area (Å²) in [6, 6.07) is 9.78. The van der Waals surface area contributed by atoms with Crippen molar-refractivity contribution in [2.75, 3.05) is 5.73 Å². The van der Waals surface area contributed by atoms with Gasteiger partial charge >= 0.3 is 0 Å². The van der Waals surface area contributed by atoms with Crippen LogP contribution in [0.15, 0.2) is 42.7 Å². The highest BCUT2D eigenvalue weighted by atomic mass is 14.9. The van der Waals surface area contributed by atoms with Gasteiger partial charge in [0.15, 0.2) is 12.4 Å². The van der Waals surface area contributed by atoms with Crippen molar-refractivity contribution in [1.82, 2.24) is 0 Å². The van der Waals surface area contributed by atoms with Crippen LogP contribution in [0.25, 0.3) is 5.52 Å². The van der Waals surface area contributed by atoms with E-state index < -0.39 is 0 Å². The highest BCUT2D eigenvalue weighted by Gasteiger charge is 2.01. The largest absolute Gasteiger partial charge is 0.393 e. The van der Waals surface area contributed by atoms with Gasteiger partial charge in [0.1, 0.15) is 5.69 Å². The van der Waals surface area contributed by atoms with E-state index in [2.05, 4.69) is 0 Å². The second-order valence-corrected chi connectivity index (χ2v) is 2.46. The first kappa shape index (κ1) is 6.16. The molecule has 0 fully saturated rings. The number of anilines is 1. The van der Waals surface area contributed by atoms with Crippen LogP contribution >= 0.6 is 0 Å². The van der Waals surface area contributed by atoms with Crippen LogP contribution in [0.4, 0.5) is 5.69 Å². The number of pyridine rings is 2. The molecule has 0 saturated carbocycles. The zero-order valence-electron chi connectivity index (χ0n) is 6.07. The van der Waals surface area contributed by atoms with Gasteiger partial charge in [-0.2, -0.15) is 4.40 Å². The van der Waals surface area contributed by atoms with Gasteiger partial charge in [-0.3, -0.25) is 0 Å². The number of aromatic nitrogens is 1. The first-order valence-corrected chi connectivity index (χ1v) is 3.52. The van der Waals surface area contributed by atoms with Gasteiger partial charge in [-0.15, -0.1) is 0 Å². The molecular formula is C9H9N2+. The molecule has 0 amide bonds. The molecule has 0 aliphatic carbocycles. The monoisotopic (exact) mass is 145 g/mol. The van der Waals surface area contributed by atoms with E-state index in [1.165, 1.54) is 0 Å². The van der Waals surface area contributed by atoms with Gasteiger partial charge in [0.25, 0.3) is 0 Å². The zero-order chi connectivity index (χ0) is 7.68. The summed E-state index contributed by atoms with van der Waals surface area (Å²) in [5, 5.41) is 0. The first-order chi connectivity index (χ1) is 5.38. The standard InChI is InChI=1S/C9H9N2/c10-8-4-3-7-11-6-2-1-5-9(8)11/h1-7H,10H2/q+1. The lowest BCUT2D eigenvalue weighted by molar-refractivity contribution is -0.511. The second-order valence-electron chi connectivity index (χ2n) is 2.46. The van der Waals surface area contributed by atoms with Gasteiger partial charge in [0.2, 0.25) is 5.52 Å². The van der Waals surface area contributed by atoms with E-state index in [-0.39, 0.29) is 0 Å². The lowest BCUT2D eigenvalue weighted by Crippen LogP contribution is -2.20. The summed E-state index contributed by atoms with van der Waals surface area (Å²) in [4.78, 5) is 0. The Morgan fingerprint density at radius 1 is 1.00 bits per heavy atom. The number of hydrogen-bond acceptors (Lipinski definition) is 1. The van der Waals surface area contributed by atoms with Crippen molar-refractivity contribution in [3.05, 3.63) is 42.7 Å². The van der Waals surface area contributed by atoms with Crippen molar-refractivity contribution in [3.8, 4) is 0 Å². The van der Waals surface area contributed by atoms with E-state index in [0.717, 1.165) is 11.2 Å². The minimum atomic E-state index is 0.813. The third-order valence-corrected chi connectivity index (χ3v) is 1.71. The van der Waals surface area contributed by atoms with Crippen LogP contribution in [-0.4, -0.2) is 0 Å². The van der Waals surface area contributed by atoms with Crippen LogP contribution in [0.1, 0.15) is 0 Å². The van der Waals surface area contributed by atoms with E-state index in [1.807, 2.05) is 47.1 Å². The molecule has 0 atom stereocenters. The van der Waals surface area contributed by atoms with E-state index in [0.29, 0.717) is 0 Å². The molecule has 0 radical (unpaired) electrons. The summed E-state index contributed by atoms with van der Waals surface area (Å²) in [5.41, 5.74) is 7.60. The molecule has 0 aliphatic rings. The van der Waals surface area contributed by atoms with Crippen molar-refractivity contribution < 1.29 is 4.40 Å². The van der Waals surface area contributed by atoms with Crippen molar-refractivity contribution in [2.45, 2.75) is 0 Å². The third kappa shape index (κ3) is 0.923. The van der Waals surface area contributed by atoms with E-state index >= 15 is 0 Å². The van der Waals surface area contributed by atoms with Crippen LogP contribution in [0.3, 0.4) is 0 Å². The summed E-state index contributed by atoms with van der Waals surface area (Å²) in [5.74, 6) is 0. The summed E-state index contributed by atoms with van der Waals surface area (Å²) in [7, 11) is 0. The van der Waals surface area contributed by atoms with Gasteiger partial charge in [0, 0.05) is 18.2 Å². The Bertz CT molecular complexity index is 377. The maximum atomic E-state index is 5.74. The lowest BCUT2D eigenvalue weighted by atomic mass is 10.3. The number of fused-ring (bicyclic) bond motifs is 1. The van der Waals surface area contributed by atoms with Gasteiger partial charge in [-0.05, 0) is 12.1 Å². The lowest BCUT2D eigenvalue weighted by Gasteiger charge is -1.91. The predicted octanol–water partition coefficient (Wildman–Crippen LogP) is 1.01. The summed E-state index contributed by atoms with van der Waals surface area (Å²) < 4.78 is 2.00. The van der Waals surface area contributed by atoms with Gasteiger partial charge in [0.05, 0.1) is 0 Å². The highest BCUT2D eigenvalue weighted by molar-refractivity contribution is 5.63. The molecule has 0 aromatic carbocycles. The maximum absolute atomic E-state index is 5.74. The molecular weight excluding hydrogens is 136 g/mol. The van der Waals surface area contributed by atoms with Crippen LogP contribution in [0, 0.1) is 0 Å². The molecule has 0 unspecified atom stereocenters. The van der Waals surface area contributed by atoms with Crippen LogP contribution < -0.4 is 10.1 Å². The molecule has 2 heteroatoms. The van der Waals surface area contributed by atoms with Crippen molar-refractivity contribution in [1.29, 1.82) is 0 Å². The number of nitrogens with zero attached hydrogens (tertiary/aromatic N) is 1. The van der Waals surface area contributed by atoms with E-state index in [4.69, 9.17) is 5.73 Å². The van der Waals surface area contributed by atoms with Crippen LogP contribution in [-0.2, 0) is 0 Å². The van der Waals surface area contributed by atoms with Crippen molar-refractivity contribution in [2.24, 2.45) is 0 Å². The normalized spacial score (nSPS) is 10.2.